The molecule has 2 aromatic rings. The molecule has 1 amide bonds. The molecule has 0 saturated heterocycles. The molecule has 0 bridgehead atoms. The van der Waals surface area contributed by atoms with Crippen molar-refractivity contribution >= 4 is 27.5 Å². The molecule has 0 aliphatic rings. The van der Waals surface area contributed by atoms with Gasteiger partial charge >= 0.3 is 6.18 Å². The molecule has 2 aromatic carbocycles. The average molecular weight is 358 g/mol. The van der Waals surface area contributed by atoms with Crippen LogP contribution >= 0.6 is 15.9 Å². The highest BCUT2D eigenvalue weighted by molar-refractivity contribution is 9.10. The number of benzene rings is 2. The van der Waals surface area contributed by atoms with Crippen LogP contribution in [0.25, 0.3) is 0 Å². The number of alkyl halides is 3. The molecule has 0 saturated carbocycles. The van der Waals surface area contributed by atoms with Crippen LogP contribution in [0, 0.1) is 6.92 Å². The monoisotopic (exact) mass is 357 g/mol. The molecule has 0 aliphatic heterocycles. The highest BCUT2D eigenvalue weighted by Crippen LogP contribution is 2.29. The van der Waals surface area contributed by atoms with Gasteiger partial charge in [0.15, 0.2) is 0 Å². The Morgan fingerprint density at radius 1 is 1.10 bits per heavy atom. The van der Waals surface area contributed by atoms with Crippen molar-refractivity contribution in [2.75, 3.05) is 5.32 Å². The lowest BCUT2D eigenvalue weighted by Gasteiger charge is -2.10. The molecular weight excluding hydrogens is 347 g/mol. The second-order valence-corrected chi connectivity index (χ2v) is 5.26. The van der Waals surface area contributed by atoms with E-state index in [-0.39, 0.29) is 5.56 Å². The number of carbonyl (C=O) groups excluding carboxylic acids is 1. The Balaban J connectivity index is 2.19. The molecule has 1 N–H and O–H groups in total. The van der Waals surface area contributed by atoms with Crippen molar-refractivity contribution in [3.8, 4) is 0 Å². The number of aryl methyl sites for hydroxylation is 1. The predicted molar refractivity (Wildman–Crippen MR) is 78.3 cm³/mol. The topological polar surface area (TPSA) is 29.1 Å². The van der Waals surface area contributed by atoms with E-state index in [1.807, 2.05) is 13.0 Å². The third kappa shape index (κ3) is 3.64. The predicted octanol–water partition coefficient (Wildman–Crippen LogP) is 5.03. The molecule has 0 aliphatic carbocycles. The van der Waals surface area contributed by atoms with Crippen LogP contribution < -0.4 is 5.32 Å². The van der Waals surface area contributed by atoms with E-state index in [1.54, 1.807) is 12.1 Å². The zero-order valence-corrected chi connectivity index (χ0v) is 12.5. The fourth-order valence-corrected chi connectivity index (χ4v) is 2.11. The van der Waals surface area contributed by atoms with E-state index in [4.69, 9.17) is 0 Å². The van der Waals surface area contributed by atoms with E-state index in [0.29, 0.717) is 5.69 Å². The van der Waals surface area contributed by atoms with Gasteiger partial charge in [-0.3, -0.25) is 4.79 Å². The van der Waals surface area contributed by atoms with Crippen LogP contribution in [-0.4, -0.2) is 5.91 Å². The largest absolute Gasteiger partial charge is 0.416 e. The average Bonchev–Trinajstić information content (AvgIpc) is 2.43. The van der Waals surface area contributed by atoms with E-state index in [1.165, 1.54) is 0 Å². The number of hydrogen-bond donors (Lipinski definition) is 1. The third-order valence-electron chi connectivity index (χ3n) is 2.91. The number of hydrogen-bond acceptors (Lipinski definition) is 1. The molecule has 0 heterocycles. The summed E-state index contributed by atoms with van der Waals surface area (Å²) in [5, 5.41) is 2.66. The summed E-state index contributed by atoms with van der Waals surface area (Å²) in [6, 6.07) is 9.45. The minimum atomic E-state index is -4.41. The summed E-state index contributed by atoms with van der Waals surface area (Å²) in [6.45, 7) is 1.87. The molecule has 0 fully saturated rings. The Morgan fingerprint density at radius 2 is 1.71 bits per heavy atom. The number of carbonyl (C=O) groups is 1. The minimum absolute atomic E-state index is 0.163. The van der Waals surface area contributed by atoms with Gasteiger partial charge in [-0.1, -0.05) is 12.1 Å². The summed E-state index contributed by atoms with van der Waals surface area (Å²) in [5.41, 5.74) is 0.896. The number of nitrogens with one attached hydrogen (secondary N) is 1. The van der Waals surface area contributed by atoms with Gasteiger partial charge in [0.1, 0.15) is 0 Å². The van der Waals surface area contributed by atoms with Crippen LogP contribution in [0.1, 0.15) is 21.5 Å². The number of anilines is 1. The van der Waals surface area contributed by atoms with Gasteiger partial charge in [0, 0.05) is 10.0 Å². The second-order valence-electron chi connectivity index (χ2n) is 4.47. The summed E-state index contributed by atoms with van der Waals surface area (Å²) in [4.78, 5) is 12.0. The Hall–Kier alpha value is -1.82. The SMILES string of the molecule is Cc1cccc(NC(=O)c2ccc(C(F)(F)F)cc2)c1Br. The van der Waals surface area contributed by atoms with Gasteiger partial charge in [-0.25, -0.2) is 0 Å². The number of amides is 1. The van der Waals surface area contributed by atoms with Crippen molar-refractivity contribution in [1.29, 1.82) is 0 Å². The molecule has 2 nitrogen and oxygen atoms in total. The van der Waals surface area contributed by atoms with Gasteiger partial charge in [-0.2, -0.15) is 13.2 Å². The van der Waals surface area contributed by atoms with Crippen LogP contribution in [0.4, 0.5) is 18.9 Å². The van der Waals surface area contributed by atoms with Gasteiger partial charge in [0.05, 0.1) is 11.3 Å². The number of halogens is 4. The quantitative estimate of drug-likeness (QED) is 0.802. The van der Waals surface area contributed by atoms with Crippen LogP contribution in [0.2, 0.25) is 0 Å². The van der Waals surface area contributed by atoms with E-state index < -0.39 is 17.6 Å². The van der Waals surface area contributed by atoms with Gasteiger partial charge in [-0.15, -0.1) is 0 Å². The molecule has 21 heavy (non-hydrogen) atoms. The van der Waals surface area contributed by atoms with Crippen LogP contribution in [0.5, 0.6) is 0 Å². The fourth-order valence-electron chi connectivity index (χ4n) is 1.75. The van der Waals surface area contributed by atoms with Gasteiger partial charge < -0.3 is 5.32 Å². The highest BCUT2D eigenvalue weighted by atomic mass is 79.9. The highest BCUT2D eigenvalue weighted by Gasteiger charge is 2.30. The fraction of sp³-hybridized carbons (Fsp3) is 0.133. The van der Waals surface area contributed by atoms with E-state index in [0.717, 1.165) is 34.3 Å². The molecule has 0 unspecified atom stereocenters. The maximum atomic E-state index is 12.5. The van der Waals surface area contributed by atoms with Gasteiger partial charge in [-0.05, 0) is 58.7 Å². The second kappa shape index (κ2) is 5.89. The van der Waals surface area contributed by atoms with Crippen LogP contribution in [0.15, 0.2) is 46.9 Å². The zero-order chi connectivity index (χ0) is 15.6. The molecule has 0 spiro atoms. The Labute approximate surface area is 128 Å². The summed E-state index contributed by atoms with van der Waals surface area (Å²) >= 11 is 3.36. The van der Waals surface area contributed by atoms with Crippen molar-refractivity contribution < 1.29 is 18.0 Å². The Morgan fingerprint density at radius 3 is 2.29 bits per heavy atom. The molecule has 0 atom stereocenters. The molecule has 110 valence electrons. The van der Waals surface area contributed by atoms with Crippen molar-refractivity contribution in [1.82, 2.24) is 0 Å². The molecule has 6 heteroatoms. The Kier molecular flexibility index (Phi) is 4.37. The van der Waals surface area contributed by atoms with Crippen molar-refractivity contribution in [2.24, 2.45) is 0 Å². The lowest BCUT2D eigenvalue weighted by atomic mass is 10.1. The van der Waals surface area contributed by atoms with Crippen molar-refractivity contribution in [2.45, 2.75) is 13.1 Å². The first-order chi connectivity index (χ1) is 9.79. The lowest BCUT2D eigenvalue weighted by Crippen LogP contribution is -2.13. The summed E-state index contributed by atoms with van der Waals surface area (Å²) in [7, 11) is 0. The third-order valence-corrected chi connectivity index (χ3v) is 3.97. The standard InChI is InChI=1S/C15H11BrF3NO/c1-9-3-2-4-12(13(9)16)20-14(21)10-5-7-11(8-6-10)15(17,18)19/h2-8H,1H3,(H,20,21). The maximum Gasteiger partial charge on any atom is 0.416 e. The summed E-state index contributed by atoms with van der Waals surface area (Å²) < 4.78 is 38.1. The first-order valence-corrected chi connectivity index (χ1v) is 6.82. The summed E-state index contributed by atoms with van der Waals surface area (Å²) in [6.07, 6.45) is -4.41. The van der Waals surface area contributed by atoms with E-state index >= 15 is 0 Å². The first-order valence-electron chi connectivity index (χ1n) is 6.03. The smallest absolute Gasteiger partial charge is 0.321 e. The normalized spacial score (nSPS) is 11.3. The Bertz CT molecular complexity index is 666. The van der Waals surface area contributed by atoms with Crippen LogP contribution in [0.3, 0.4) is 0 Å². The maximum absolute atomic E-state index is 12.5. The van der Waals surface area contributed by atoms with E-state index in [2.05, 4.69) is 21.2 Å². The van der Waals surface area contributed by atoms with Crippen molar-refractivity contribution in [3.63, 3.8) is 0 Å². The number of rotatable bonds is 2. The van der Waals surface area contributed by atoms with Crippen LogP contribution in [-0.2, 0) is 6.18 Å². The minimum Gasteiger partial charge on any atom is -0.321 e. The van der Waals surface area contributed by atoms with E-state index in [9.17, 15) is 18.0 Å². The van der Waals surface area contributed by atoms with Gasteiger partial charge in [0.2, 0.25) is 0 Å². The lowest BCUT2D eigenvalue weighted by molar-refractivity contribution is -0.137. The first kappa shape index (κ1) is 15.6. The molecule has 0 aromatic heterocycles. The zero-order valence-electron chi connectivity index (χ0n) is 11.0. The molecular formula is C15H11BrF3NO. The van der Waals surface area contributed by atoms with Gasteiger partial charge in [0.25, 0.3) is 5.91 Å². The molecule has 2 rings (SSSR count). The van der Waals surface area contributed by atoms with Crippen molar-refractivity contribution in [3.05, 3.63) is 63.6 Å². The summed E-state index contributed by atoms with van der Waals surface area (Å²) in [5.74, 6) is -0.463. The molecule has 0 radical (unpaired) electrons.